The Morgan fingerprint density at radius 1 is 1.17 bits per heavy atom. The maximum absolute atomic E-state index is 12.6. The van der Waals surface area contributed by atoms with Gasteiger partial charge in [0.2, 0.25) is 0 Å². The van der Waals surface area contributed by atoms with Crippen LogP contribution in [0.4, 0.5) is 16.4 Å². The van der Waals surface area contributed by atoms with Gasteiger partial charge in [0.15, 0.2) is 15.7 Å². The molecule has 0 aliphatic carbocycles. The number of anilines is 2. The Labute approximate surface area is 210 Å². The molecule has 1 amide bonds. The molecule has 190 valence electrons. The van der Waals surface area contributed by atoms with Crippen LogP contribution < -0.4 is 15.0 Å². The zero-order valence-electron chi connectivity index (χ0n) is 20.6. The van der Waals surface area contributed by atoms with E-state index in [0.29, 0.717) is 48.4 Å². The topological polar surface area (TPSA) is 124 Å². The number of nitrogens with zero attached hydrogens (tertiary/aromatic N) is 4. The lowest BCUT2D eigenvalue weighted by molar-refractivity contribution is 0.0985. The lowest BCUT2D eigenvalue weighted by atomic mass is 10.1. The van der Waals surface area contributed by atoms with Gasteiger partial charge in [-0.15, -0.1) is 0 Å². The van der Waals surface area contributed by atoms with E-state index in [1.807, 2.05) is 13.0 Å². The van der Waals surface area contributed by atoms with Crippen LogP contribution in [0.5, 0.6) is 5.75 Å². The molecule has 0 spiro atoms. The fraction of sp³-hybridized carbons (Fsp3) is 0.360. The average Bonchev–Trinajstić information content (AvgIpc) is 2.84. The van der Waals surface area contributed by atoms with Crippen molar-refractivity contribution in [1.29, 1.82) is 0 Å². The molecule has 3 aromatic rings. The van der Waals surface area contributed by atoms with Gasteiger partial charge in [-0.25, -0.2) is 28.2 Å². The molecule has 2 aromatic heterocycles. The zero-order valence-corrected chi connectivity index (χ0v) is 21.4. The summed E-state index contributed by atoms with van der Waals surface area (Å²) in [5, 5.41) is 2.58. The van der Waals surface area contributed by atoms with Crippen LogP contribution in [-0.4, -0.2) is 61.5 Å². The fourth-order valence-corrected chi connectivity index (χ4v) is 4.09. The minimum Gasteiger partial charge on any atom is -0.410 e. The first-order valence-electron chi connectivity index (χ1n) is 11.5. The van der Waals surface area contributed by atoms with Gasteiger partial charge in [0, 0.05) is 30.6 Å². The predicted octanol–water partition coefficient (Wildman–Crippen LogP) is 3.65. The average molecular weight is 512 g/mol. The van der Waals surface area contributed by atoms with Gasteiger partial charge in [-0.3, -0.25) is 5.32 Å². The number of benzene rings is 1. The number of morpholine rings is 1. The summed E-state index contributed by atoms with van der Waals surface area (Å²) in [6, 6.07) is 13.8. The molecule has 1 saturated heterocycles. The SMILES string of the molecule is C[C@H]1COCCN1c1cc(C(C)(C)S(C)(=O)=O)nc(-c2ccc(NC(=O)Oc3ccccc3)nc2)n1. The van der Waals surface area contributed by atoms with Crippen molar-refractivity contribution in [3.05, 3.63) is 60.4 Å². The molecule has 0 radical (unpaired) electrons. The summed E-state index contributed by atoms with van der Waals surface area (Å²) in [6.45, 7) is 7.01. The van der Waals surface area contributed by atoms with Gasteiger partial charge in [0.1, 0.15) is 22.1 Å². The molecule has 1 N–H and O–H groups in total. The first kappa shape index (κ1) is 25.5. The van der Waals surface area contributed by atoms with Crippen molar-refractivity contribution in [3.8, 4) is 17.1 Å². The van der Waals surface area contributed by atoms with E-state index in [-0.39, 0.29) is 11.9 Å². The van der Waals surface area contributed by atoms with Gasteiger partial charge in [-0.1, -0.05) is 18.2 Å². The Balaban J connectivity index is 1.64. The van der Waals surface area contributed by atoms with Crippen molar-refractivity contribution in [3.63, 3.8) is 0 Å². The molecule has 11 heteroatoms. The standard InChI is InChI=1S/C25H29N5O5S/c1-17-16-34-13-12-30(17)22-14-20(25(2,3)36(4,32)33)27-23(29-22)18-10-11-21(26-15-18)28-24(31)35-19-8-6-5-7-9-19/h5-11,14-15,17H,12-13,16H2,1-4H3,(H,26,28,31)/t17-/m0/s1. The van der Waals surface area contributed by atoms with Crippen molar-refractivity contribution in [2.24, 2.45) is 0 Å². The number of para-hydroxylation sites is 1. The molecule has 0 saturated carbocycles. The summed E-state index contributed by atoms with van der Waals surface area (Å²) in [7, 11) is -3.47. The first-order valence-corrected chi connectivity index (χ1v) is 13.4. The predicted molar refractivity (Wildman–Crippen MR) is 137 cm³/mol. The second-order valence-electron chi connectivity index (χ2n) is 9.09. The Bertz CT molecular complexity index is 1330. The van der Waals surface area contributed by atoms with Gasteiger partial charge < -0.3 is 14.4 Å². The largest absolute Gasteiger partial charge is 0.418 e. The summed E-state index contributed by atoms with van der Waals surface area (Å²) in [4.78, 5) is 27.9. The van der Waals surface area contributed by atoms with Gasteiger partial charge in [-0.05, 0) is 45.0 Å². The van der Waals surface area contributed by atoms with E-state index in [1.165, 1.54) is 12.5 Å². The lowest BCUT2D eigenvalue weighted by Gasteiger charge is -2.35. The third kappa shape index (κ3) is 5.63. The van der Waals surface area contributed by atoms with Crippen molar-refractivity contribution in [2.75, 3.05) is 36.2 Å². The lowest BCUT2D eigenvalue weighted by Crippen LogP contribution is -2.44. The van der Waals surface area contributed by atoms with Gasteiger partial charge in [0.05, 0.1) is 24.9 Å². The second kappa shape index (κ2) is 10.2. The van der Waals surface area contributed by atoms with Crippen LogP contribution in [0.2, 0.25) is 0 Å². The number of aromatic nitrogens is 3. The van der Waals surface area contributed by atoms with Crippen LogP contribution in [0, 0.1) is 0 Å². The summed E-state index contributed by atoms with van der Waals surface area (Å²) in [5.41, 5.74) is 0.961. The molecule has 3 heterocycles. The monoisotopic (exact) mass is 511 g/mol. The Morgan fingerprint density at radius 2 is 1.92 bits per heavy atom. The minimum absolute atomic E-state index is 0.0658. The van der Waals surface area contributed by atoms with Crippen LogP contribution in [0.3, 0.4) is 0 Å². The van der Waals surface area contributed by atoms with Gasteiger partial charge >= 0.3 is 6.09 Å². The van der Waals surface area contributed by atoms with Crippen molar-refractivity contribution >= 4 is 27.6 Å². The molecule has 1 aromatic carbocycles. The van der Waals surface area contributed by atoms with Crippen LogP contribution in [0.1, 0.15) is 26.5 Å². The molecule has 0 bridgehead atoms. The van der Waals surface area contributed by atoms with Crippen molar-refractivity contribution < 1.29 is 22.7 Å². The number of carbonyl (C=O) groups excluding carboxylic acids is 1. The van der Waals surface area contributed by atoms with Crippen LogP contribution >= 0.6 is 0 Å². The molecule has 10 nitrogen and oxygen atoms in total. The number of carbonyl (C=O) groups is 1. The van der Waals surface area contributed by atoms with E-state index in [0.717, 1.165) is 0 Å². The highest BCUT2D eigenvalue weighted by molar-refractivity contribution is 7.91. The summed E-state index contributed by atoms with van der Waals surface area (Å²) in [6.07, 6.45) is 2.05. The molecular weight excluding hydrogens is 482 g/mol. The highest BCUT2D eigenvalue weighted by Gasteiger charge is 2.35. The van der Waals surface area contributed by atoms with E-state index in [4.69, 9.17) is 14.5 Å². The molecule has 4 rings (SSSR count). The molecule has 0 unspecified atom stereocenters. The summed E-state index contributed by atoms with van der Waals surface area (Å²) in [5.74, 6) is 1.66. The fourth-order valence-electron chi connectivity index (χ4n) is 3.60. The number of pyridine rings is 1. The number of hydrogen-bond acceptors (Lipinski definition) is 9. The van der Waals surface area contributed by atoms with E-state index in [9.17, 15) is 13.2 Å². The van der Waals surface area contributed by atoms with E-state index in [2.05, 4.69) is 20.2 Å². The number of amides is 1. The molecule has 1 fully saturated rings. The zero-order chi connectivity index (χ0) is 25.9. The number of ether oxygens (including phenoxy) is 2. The van der Waals surface area contributed by atoms with Crippen LogP contribution in [0.25, 0.3) is 11.4 Å². The third-order valence-electron chi connectivity index (χ3n) is 6.12. The maximum Gasteiger partial charge on any atom is 0.418 e. The van der Waals surface area contributed by atoms with Crippen LogP contribution in [0.15, 0.2) is 54.7 Å². The number of sulfone groups is 1. The Hall–Kier alpha value is -3.57. The Morgan fingerprint density at radius 3 is 2.56 bits per heavy atom. The van der Waals surface area contributed by atoms with E-state index >= 15 is 0 Å². The summed E-state index contributed by atoms with van der Waals surface area (Å²) < 4.78 is 34.7. The first-order chi connectivity index (χ1) is 17.0. The van der Waals surface area contributed by atoms with Gasteiger partial charge in [-0.2, -0.15) is 0 Å². The number of hydrogen-bond donors (Lipinski definition) is 1. The quantitative estimate of drug-likeness (QED) is 0.528. The molecule has 36 heavy (non-hydrogen) atoms. The number of nitrogens with one attached hydrogen (secondary N) is 1. The normalized spacial score (nSPS) is 16.4. The molecule has 1 aliphatic heterocycles. The third-order valence-corrected chi connectivity index (χ3v) is 8.19. The van der Waals surface area contributed by atoms with Crippen LogP contribution in [-0.2, 0) is 19.3 Å². The highest BCUT2D eigenvalue weighted by Crippen LogP contribution is 2.32. The molecule has 1 atom stereocenters. The number of rotatable bonds is 6. The molecule has 1 aliphatic rings. The van der Waals surface area contributed by atoms with Crippen molar-refractivity contribution in [1.82, 2.24) is 15.0 Å². The minimum atomic E-state index is -3.47. The smallest absolute Gasteiger partial charge is 0.410 e. The van der Waals surface area contributed by atoms with Crippen molar-refractivity contribution in [2.45, 2.75) is 31.6 Å². The highest BCUT2D eigenvalue weighted by atomic mass is 32.2. The summed E-state index contributed by atoms with van der Waals surface area (Å²) >= 11 is 0. The second-order valence-corrected chi connectivity index (χ2v) is 11.7. The molecular formula is C25H29N5O5S. The van der Waals surface area contributed by atoms with E-state index in [1.54, 1.807) is 56.3 Å². The van der Waals surface area contributed by atoms with Gasteiger partial charge in [0.25, 0.3) is 0 Å². The van der Waals surface area contributed by atoms with E-state index < -0.39 is 20.7 Å². The Kier molecular flexibility index (Phi) is 7.23. The maximum atomic E-state index is 12.6.